The predicted molar refractivity (Wildman–Crippen MR) is 74.6 cm³/mol. The lowest BCUT2D eigenvalue weighted by atomic mass is 10.1. The van der Waals surface area contributed by atoms with Crippen LogP contribution < -0.4 is 4.74 Å². The van der Waals surface area contributed by atoms with Crippen molar-refractivity contribution < 1.29 is 18.7 Å². The monoisotopic (exact) mass is 270 g/mol. The lowest BCUT2D eigenvalue weighted by Crippen LogP contribution is -2.03. The highest BCUT2D eigenvalue weighted by molar-refractivity contribution is 5.94. The van der Waals surface area contributed by atoms with E-state index < -0.39 is 5.97 Å². The number of carbonyl (C=O) groups is 2. The molecule has 4 heteroatoms. The SMILES string of the molecule is CC(=O)c1ccc(OC(=O)C=Cc2ccc(C)o2)cc1. The number of Topliss-reactive ketones (excluding diaryl/α,β-unsaturated/α-hetero) is 1. The normalized spacial score (nSPS) is 10.7. The summed E-state index contributed by atoms with van der Waals surface area (Å²) in [6.45, 7) is 3.31. The molecule has 0 bridgehead atoms. The first-order valence-corrected chi connectivity index (χ1v) is 6.12. The Bertz CT molecular complexity index is 647. The van der Waals surface area contributed by atoms with Gasteiger partial charge in [-0.2, -0.15) is 0 Å². The average Bonchev–Trinajstić information content (AvgIpc) is 2.83. The van der Waals surface area contributed by atoms with E-state index in [4.69, 9.17) is 9.15 Å². The van der Waals surface area contributed by atoms with Gasteiger partial charge in [-0.05, 0) is 56.3 Å². The van der Waals surface area contributed by atoms with Gasteiger partial charge in [0.25, 0.3) is 0 Å². The predicted octanol–water partition coefficient (Wildman–Crippen LogP) is 3.41. The van der Waals surface area contributed by atoms with Gasteiger partial charge in [0.15, 0.2) is 5.78 Å². The summed E-state index contributed by atoms with van der Waals surface area (Å²) < 4.78 is 10.4. The first-order chi connectivity index (χ1) is 9.54. The van der Waals surface area contributed by atoms with Crippen LogP contribution in [0.2, 0.25) is 0 Å². The second-order valence-corrected chi connectivity index (χ2v) is 4.28. The molecule has 0 amide bonds. The van der Waals surface area contributed by atoms with Gasteiger partial charge in [0.2, 0.25) is 0 Å². The molecule has 4 nitrogen and oxygen atoms in total. The second-order valence-electron chi connectivity index (χ2n) is 4.28. The Morgan fingerprint density at radius 1 is 1.10 bits per heavy atom. The molecule has 0 saturated carbocycles. The van der Waals surface area contributed by atoms with E-state index in [1.165, 1.54) is 13.0 Å². The zero-order valence-corrected chi connectivity index (χ0v) is 11.3. The molecule has 2 aromatic rings. The minimum Gasteiger partial charge on any atom is -0.462 e. The zero-order valence-electron chi connectivity index (χ0n) is 11.3. The number of ether oxygens (including phenoxy) is 1. The number of aryl methyl sites for hydroxylation is 1. The maximum absolute atomic E-state index is 11.6. The standard InChI is InChI=1S/C16H14O4/c1-11-3-6-14(19-11)9-10-16(18)20-15-7-4-13(5-8-15)12(2)17/h3-10H,1-2H3. The number of hydrogen-bond donors (Lipinski definition) is 0. The molecule has 0 fully saturated rings. The van der Waals surface area contributed by atoms with E-state index in [9.17, 15) is 9.59 Å². The summed E-state index contributed by atoms with van der Waals surface area (Å²) in [5.74, 6) is 1.22. The number of carbonyl (C=O) groups excluding carboxylic acids is 2. The van der Waals surface area contributed by atoms with Gasteiger partial charge < -0.3 is 9.15 Å². The number of benzene rings is 1. The highest BCUT2D eigenvalue weighted by Crippen LogP contribution is 2.13. The fourth-order valence-electron chi connectivity index (χ4n) is 1.60. The molecule has 0 unspecified atom stereocenters. The van der Waals surface area contributed by atoms with Crippen molar-refractivity contribution in [3.8, 4) is 5.75 Å². The Kier molecular flexibility index (Phi) is 4.15. The van der Waals surface area contributed by atoms with Crippen LogP contribution in [0.25, 0.3) is 6.08 Å². The Morgan fingerprint density at radius 2 is 1.80 bits per heavy atom. The minimum absolute atomic E-state index is 0.0315. The van der Waals surface area contributed by atoms with Crippen LogP contribution >= 0.6 is 0 Å². The summed E-state index contributed by atoms with van der Waals surface area (Å²) in [6, 6.07) is 9.97. The van der Waals surface area contributed by atoms with Crippen LogP contribution in [-0.2, 0) is 4.79 Å². The van der Waals surface area contributed by atoms with Crippen molar-refractivity contribution in [2.45, 2.75) is 13.8 Å². The number of ketones is 1. The number of hydrogen-bond acceptors (Lipinski definition) is 4. The summed E-state index contributed by atoms with van der Waals surface area (Å²) >= 11 is 0. The zero-order chi connectivity index (χ0) is 14.5. The van der Waals surface area contributed by atoms with Crippen LogP contribution in [0.1, 0.15) is 28.8 Å². The summed E-state index contributed by atoms with van der Waals surface area (Å²) in [5.41, 5.74) is 0.575. The van der Waals surface area contributed by atoms with Crippen molar-refractivity contribution in [3.63, 3.8) is 0 Å². The maximum Gasteiger partial charge on any atom is 0.336 e. The van der Waals surface area contributed by atoms with E-state index in [2.05, 4.69) is 0 Å². The molecular formula is C16H14O4. The van der Waals surface area contributed by atoms with Crippen molar-refractivity contribution in [3.05, 3.63) is 59.6 Å². The lowest BCUT2D eigenvalue weighted by molar-refractivity contribution is -0.128. The number of rotatable bonds is 4. The largest absolute Gasteiger partial charge is 0.462 e. The fraction of sp³-hybridized carbons (Fsp3) is 0.125. The molecule has 20 heavy (non-hydrogen) atoms. The Morgan fingerprint density at radius 3 is 2.35 bits per heavy atom. The van der Waals surface area contributed by atoms with E-state index in [-0.39, 0.29) is 5.78 Å². The van der Waals surface area contributed by atoms with Crippen molar-refractivity contribution in [1.82, 2.24) is 0 Å². The van der Waals surface area contributed by atoms with Gasteiger partial charge in [-0.15, -0.1) is 0 Å². The van der Waals surface area contributed by atoms with E-state index in [1.54, 1.807) is 36.4 Å². The third-order valence-corrected chi connectivity index (χ3v) is 2.62. The number of esters is 1. The first-order valence-electron chi connectivity index (χ1n) is 6.12. The van der Waals surface area contributed by atoms with Gasteiger partial charge in [-0.3, -0.25) is 4.79 Å². The quantitative estimate of drug-likeness (QED) is 0.370. The highest BCUT2D eigenvalue weighted by atomic mass is 16.5. The van der Waals surface area contributed by atoms with E-state index in [0.717, 1.165) is 5.76 Å². The summed E-state index contributed by atoms with van der Waals surface area (Å²) in [6.07, 6.45) is 2.83. The van der Waals surface area contributed by atoms with Crippen molar-refractivity contribution >= 4 is 17.8 Å². The van der Waals surface area contributed by atoms with Crippen molar-refractivity contribution in [2.24, 2.45) is 0 Å². The molecule has 1 heterocycles. The molecule has 0 radical (unpaired) electrons. The van der Waals surface area contributed by atoms with Gasteiger partial charge in [-0.1, -0.05) is 0 Å². The van der Waals surface area contributed by atoms with Gasteiger partial charge in [0.1, 0.15) is 17.3 Å². The molecule has 1 aromatic heterocycles. The van der Waals surface area contributed by atoms with Crippen LogP contribution in [0.3, 0.4) is 0 Å². The van der Waals surface area contributed by atoms with E-state index in [1.807, 2.05) is 13.0 Å². The summed E-state index contributed by atoms with van der Waals surface area (Å²) in [5, 5.41) is 0. The average molecular weight is 270 g/mol. The second kappa shape index (κ2) is 6.02. The van der Waals surface area contributed by atoms with Gasteiger partial charge in [0.05, 0.1) is 0 Å². The third-order valence-electron chi connectivity index (χ3n) is 2.62. The molecule has 0 N–H and O–H groups in total. The molecule has 0 atom stereocenters. The van der Waals surface area contributed by atoms with Gasteiger partial charge in [-0.25, -0.2) is 4.79 Å². The van der Waals surface area contributed by atoms with Crippen LogP contribution in [0.5, 0.6) is 5.75 Å². The van der Waals surface area contributed by atoms with Crippen LogP contribution in [0.15, 0.2) is 46.9 Å². The van der Waals surface area contributed by atoms with Crippen molar-refractivity contribution in [1.29, 1.82) is 0 Å². The fourth-order valence-corrected chi connectivity index (χ4v) is 1.60. The van der Waals surface area contributed by atoms with Gasteiger partial charge in [0, 0.05) is 11.6 Å². The highest BCUT2D eigenvalue weighted by Gasteiger charge is 2.03. The molecule has 102 valence electrons. The lowest BCUT2D eigenvalue weighted by Gasteiger charge is -2.01. The van der Waals surface area contributed by atoms with Crippen LogP contribution in [0, 0.1) is 6.92 Å². The smallest absolute Gasteiger partial charge is 0.336 e. The minimum atomic E-state index is -0.505. The molecule has 0 aliphatic carbocycles. The number of furan rings is 1. The third kappa shape index (κ3) is 3.68. The van der Waals surface area contributed by atoms with E-state index >= 15 is 0 Å². The Hall–Kier alpha value is -2.62. The van der Waals surface area contributed by atoms with Crippen LogP contribution in [-0.4, -0.2) is 11.8 Å². The molecule has 0 spiro atoms. The summed E-state index contributed by atoms with van der Waals surface area (Å²) in [4.78, 5) is 22.7. The topological polar surface area (TPSA) is 56.5 Å². The first kappa shape index (κ1) is 13.8. The Labute approximate surface area is 116 Å². The molecule has 1 aromatic carbocycles. The molecule has 0 aliphatic rings. The molecule has 0 aliphatic heterocycles. The molecule has 2 rings (SSSR count). The molecular weight excluding hydrogens is 256 g/mol. The van der Waals surface area contributed by atoms with E-state index in [0.29, 0.717) is 17.1 Å². The van der Waals surface area contributed by atoms with Crippen LogP contribution in [0.4, 0.5) is 0 Å². The Balaban J connectivity index is 1.97. The summed E-state index contributed by atoms with van der Waals surface area (Å²) in [7, 11) is 0. The maximum atomic E-state index is 11.6. The molecule has 0 saturated heterocycles. The van der Waals surface area contributed by atoms with Gasteiger partial charge >= 0.3 is 5.97 Å². The van der Waals surface area contributed by atoms with Crippen molar-refractivity contribution in [2.75, 3.05) is 0 Å².